The van der Waals surface area contributed by atoms with Gasteiger partial charge in [0.2, 0.25) is 10.0 Å². The summed E-state index contributed by atoms with van der Waals surface area (Å²) in [6.07, 6.45) is 0. The maximum atomic E-state index is 12.9. The van der Waals surface area contributed by atoms with E-state index in [1.807, 2.05) is 26.0 Å². The quantitative estimate of drug-likeness (QED) is 0.751. The van der Waals surface area contributed by atoms with Crippen LogP contribution in [-0.2, 0) is 16.6 Å². The molecular formula is C18H17FN2O3S. The molecule has 25 heavy (non-hydrogen) atoms. The van der Waals surface area contributed by atoms with Crippen molar-refractivity contribution < 1.29 is 12.8 Å². The Balaban J connectivity index is 1.91. The number of aromatic nitrogens is 1. The average Bonchev–Trinajstić information content (AvgIpc) is 2.57. The molecule has 0 aliphatic rings. The number of aryl methyl sites for hydroxylation is 2. The lowest BCUT2D eigenvalue weighted by atomic mass is 10.0. The second kappa shape index (κ2) is 6.42. The van der Waals surface area contributed by atoms with E-state index < -0.39 is 15.8 Å². The van der Waals surface area contributed by atoms with E-state index in [9.17, 15) is 17.6 Å². The van der Waals surface area contributed by atoms with Crippen LogP contribution in [0.25, 0.3) is 10.9 Å². The summed E-state index contributed by atoms with van der Waals surface area (Å²) in [6.45, 7) is 3.72. The first-order valence-corrected chi connectivity index (χ1v) is 9.13. The number of pyridine rings is 1. The number of sulfonamides is 1. The number of hydrogen-bond donors (Lipinski definition) is 2. The van der Waals surface area contributed by atoms with E-state index >= 15 is 0 Å². The Labute approximate surface area is 144 Å². The zero-order valence-corrected chi connectivity index (χ0v) is 14.6. The SMILES string of the molecule is Cc1ccc2cc(CNS(=O)(=O)c3ccc(F)cc3)c(=O)[nH]c2c1C. The fourth-order valence-electron chi connectivity index (χ4n) is 2.57. The fourth-order valence-corrected chi connectivity index (χ4v) is 3.58. The molecule has 0 aliphatic heterocycles. The van der Waals surface area contributed by atoms with Crippen LogP contribution in [0.2, 0.25) is 0 Å². The van der Waals surface area contributed by atoms with Crippen molar-refractivity contribution in [3.8, 4) is 0 Å². The van der Waals surface area contributed by atoms with Crippen LogP contribution in [0.4, 0.5) is 4.39 Å². The van der Waals surface area contributed by atoms with Gasteiger partial charge in [-0.1, -0.05) is 12.1 Å². The maximum Gasteiger partial charge on any atom is 0.252 e. The fraction of sp³-hybridized carbons (Fsp3) is 0.167. The molecule has 0 amide bonds. The van der Waals surface area contributed by atoms with Gasteiger partial charge in [-0.15, -0.1) is 0 Å². The first-order chi connectivity index (χ1) is 11.8. The van der Waals surface area contributed by atoms with Crippen molar-refractivity contribution in [2.75, 3.05) is 0 Å². The van der Waals surface area contributed by atoms with E-state index in [-0.39, 0.29) is 17.0 Å². The third kappa shape index (κ3) is 3.47. The number of nitrogens with one attached hydrogen (secondary N) is 2. The van der Waals surface area contributed by atoms with Gasteiger partial charge >= 0.3 is 0 Å². The summed E-state index contributed by atoms with van der Waals surface area (Å²) < 4.78 is 39.8. The molecule has 7 heteroatoms. The minimum absolute atomic E-state index is 0.0578. The molecule has 0 aliphatic carbocycles. The molecule has 0 atom stereocenters. The van der Waals surface area contributed by atoms with Gasteiger partial charge in [-0.05, 0) is 60.7 Å². The number of hydrogen-bond acceptors (Lipinski definition) is 3. The van der Waals surface area contributed by atoms with Gasteiger partial charge in [0, 0.05) is 12.1 Å². The predicted octanol–water partition coefficient (Wildman–Crippen LogP) is 2.76. The lowest BCUT2D eigenvalue weighted by Crippen LogP contribution is -2.27. The van der Waals surface area contributed by atoms with Crippen LogP contribution >= 0.6 is 0 Å². The number of halogens is 1. The van der Waals surface area contributed by atoms with Crippen LogP contribution in [0.5, 0.6) is 0 Å². The Morgan fingerprint density at radius 3 is 2.44 bits per heavy atom. The summed E-state index contributed by atoms with van der Waals surface area (Å²) in [5.41, 5.74) is 2.75. The van der Waals surface area contributed by atoms with Crippen molar-refractivity contribution in [1.82, 2.24) is 9.71 Å². The smallest absolute Gasteiger partial charge is 0.252 e. The second-order valence-electron chi connectivity index (χ2n) is 5.87. The molecule has 2 N–H and O–H groups in total. The molecule has 0 saturated heterocycles. The highest BCUT2D eigenvalue weighted by atomic mass is 32.2. The van der Waals surface area contributed by atoms with Crippen molar-refractivity contribution in [1.29, 1.82) is 0 Å². The van der Waals surface area contributed by atoms with Crippen molar-refractivity contribution in [2.24, 2.45) is 0 Å². The van der Waals surface area contributed by atoms with Crippen LogP contribution in [0.3, 0.4) is 0 Å². The Morgan fingerprint density at radius 2 is 1.76 bits per heavy atom. The zero-order chi connectivity index (χ0) is 18.2. The molecule has 0 bridgehead atoms. The first kappa shape index (κ1) is 17.3. The second-order valence-corrected chi connectivity index (χ2v) is 7.64. The third-order valence-corrected chi connectivity index (χ3v) is 5.62. The zero-order valence-electron chi connectivity index (χ0n) is 13.8. The summed E-state index contributed by atoms with van der Waals surface area (Å²) in [4.78, 5) is 15.0. The summed E-state index contributed by atoms with van der Waals surface area (Å²) in [7, 11) is -3.83. The van der Waals surface area contributed by atoms with Gasteiger partial charge in [-0.2, -0.15) is 0 Å². The number of aromatic amines is 1. The number of fused-ring (bicyclic) bond motifs is 1. The molecule has 3 aromatic rings. The molecule has 130 valence electrons. The van der Waals surface area contributed by atoms with E-state index in [0.29, 0.717) is 5.56 Å². The molecule has 0 radical (unpaired) electrons. The number of benzene rings is 2. The predicted molar refractivity (Wildman–Crippen MR) is 94.5 cm³/mol. The van der Waals surface area contributed by atoms with Crippen LogP contribution in [-0.4, -0.2) is 13.4 Å². The molecule has 0 saturated carbocycles. The molecule has 5 nitrogen and oxygen atoms in total. The lowest BCUT2D eigenvalue weighted by Gasteiger charge is -2.09. The van der Waals surface area contributed by atoms with Gasteiger partial charge in [-0.25, -0.2) is 17.5 Å². The normalized spacial score (nSPS) is 11.8. The van der Waals surface area contributed by atoms with Crippen LogP contribution in [0, 0.1) is 19.7 Å². The van der Waals surface area contributed by atoms with E-state index in [2.05, 4.69) is 9.71 Å². The summed E-state index contributed by atoms with van der Waals surface area (Å²) in [6, 6.07) is 10.00. The number of H-pyrrole nitrogens is 1. The largest absolute Gasteiger partial charge is 0.321 e. The molecule has 0 fully saturated rings. The van der Waals surface area contributed by atoms with Crippen molar-refractivity contribution in [2.45, 2.75) is 25.3 Å². The molecule has 0 spiro atoms. The highest BCUT2D eigenvalue weighted by molar-refractivity contribution is 7.89. The standard InChI is InChI=1S/C18H17FN2O3S/c1-11-3-4-13-9-14(18(22)21-17(13)12(11)2)10-20-25(23,24)16-7-5-15(19)6-8-16/h3-9,20H,10H2,1-2H3,(H,21,22). The topological polar surface area (TPSA) is 79.0 Å². The molecule has 3 rings (SSSR count). The highest BCUT2D eigenvalue weighted by Crippen LogP contribution is 2.19. The molecule has 1 heterocycles. The Kier molecular flexibility index (Phi) is 4.45. The van der Waals surface area contributed by atoms with E-state index in [4.69, 9.17) is 0 Å². The summed E-state index contributed by atoms with van der Waals surface area (Å²) >= 11 is 0. The minimum Gasteiger partial charge on any atom is -0.321 e. The summed E-state index contributed by atoms with van der Waals surface area (Å²) in [5, 5.41) is 0.832. The van der Waals surface area contributed by atoms with Gasteiger partial charge in [0.05, 0.1) is 10.4 Å². The summed E-state index contributed by atoms with van der Waals surface area (Å²) in [5.74, 6) is -0.518. The van der Waals surface area contributed by atoms with Gasteiger partial charge in [-0.3, -0.25) is 4.79 Å². The van der Waals surface area contributed by atoms with Crippen LogP contribution in [0.15, 0.2) is 52.2 Å². The average molecular weight is 360 g/mol. The van der Waals surface area contributed by atoms with Gasteiger partial charge in [0.25, 0.3) is 5.56 Å². The lowest BCUT2D eigenvalue weighted by molar-refractivity contribution is 0.580. The van der Waals surface area contributed by atoms with Crippen molar-refractivity contribution in [3.63, 3.8) is 0 Å². The Bertz CT molecular complexity index is 1100. The maximum absolute atomic E-state index is 12.9. The van der Waals surface area contributed by atoms with Crippen LogP contribution < -0.4 is 10.3 Å². The van der Waals surface area contributed by atoms with Crippen molar-refractivity contribution >= 4 is 20.9 Å². The van der Waals surface area contributed by atoms with Crippen molar-refractivity contribution in [3.05, 3.63) is 75.3 Å². The van der Waals surface area contributed by atoms with E-state index in [1.54, 1.807) is 6.07 Å². The van der Waals surface area contributed by atoms with E-state index in [0.717, 1.165) is 34.2 Å². The first-order valence-electron chi connectivity index (χ1n) is 7.65. The Hall–Kier alpha value is -2.51. The van der Waals surface area contributed by atoms with Crippen LogP contribution in [0.1, 0.15) is 16.7 Å². The van der Waals surface area contributed by atoms with Gasteiger partial charge in [0.15, 0.2) is 0 Å². The minimum atomic E-state index is -3.83. The molecule has 1 aromatic heterocycles. The molecular weight excluding hydrogens is 343 g/mol. The molecule has 0 unspecified atom stereocenters. The van der Waals surface area contributed by atoms with Gasteiger partial charge < -0.3 is 4.98 Å². The van der Waals surface area contributed by atoms with E-state index in [1.165, 1.54) is 12.1 Å². The monoisotopic (exact) mass is 360 g/mol. The Morgan fingerprint density at radius 1 is 1.08 bits per heavy atom. The molecule has 2 aromatic carbocycles. The number of rotatable bonds is 4. The van der Waals surface area contributed by atoms with Gasteiger partial charge in [0.1, 0.15) is 5.82 Å². The third-order valence-electron chi connectivity index (χ3n) is 4.20. The highest BCUT2D eigenvalue weighted by Gasteiger charge is 2.15.